The van der Waals surface area contributed by atoms with Crippen molar-refractivity contribution in [2.75, 3.05) is 0 Å². The van der Waals surface area contributed by atoms with Crippen molar-refractivity contribution in [1.29, 1.82) is 0 Å². The average molecular weight is 911 g/mol. The molecule has 2 heterocycles. The van der Waals surface area contributed by atoms with Crippen molar-refractivity contribution in [2.24, 2.45) is 0 Å². The van der Waals surface area contributed by atoms with Gasteiger partial charge in [-0.25, -0.2) is 0 Å². The molecule has 0 spiro atoms. The second-order valence-electron chi connectivity index (χ2n) is 19.2. The zero-order valence-corrected chi connectivity index (χ0v) is 39.5. The predicted octanol–water partition coefficient (Wildman–Crippen LogP) is 19.6. The standard InChI is InChI=1S/C67H42S2/c1-67-62(45-29-33-54-49-17-3-2-15-47(49)48-16-4-6-19-51(48)60(54)39-45)24-12-25-63(67)61-38-43(30-34-65(61)69-67)42-27-31-53-50-18-5-7-20-52(50)58-36-41(28-32-55(58)59(53)37-42)40-13-10-14-44(35-40)46-22-11-23-57-56-21-8-9-26-64(56)68-66(46)57/h2-39,63H,1H3. The quantitative estimate of drug-likeness (QED) is 0.159. The maximum Gasteiger partial charge on any atom is 0.0536 e. The molecule has 12 aromatic carbocycles. The fourth-order valence-electron chi connectivity index (χ4n) is 12.2. The number of hydrogen-bond acceptors (Lipinski definition) is 2. The average Bonchev–Trinajstić information content (AvgIpc) is 3.95. The van der Waals surface area contributed by atoms with Gasteiger partial charge in [-0.05, 0) is 164 Å². The lowest BCUT2D eigenvalue weighted by molar-refractivity contribution is 0.719. The Morgan fingerprint density at radius 1 is 0.362 bits per heavy atom. The smallest absolute Gasteiger partial charge is 0.0536 e. The van der Waals surface area contributed by atoms with Gasteiger partial charge in [-0.3, -0.25) is 0 Å². The van der Waals surface area contributed by atoms with E-state index in [4.69, 9.17) is 0 Å². The Labute approximate surface area is 408 Å². The normalized spacial score (nSPS) is 16.7. The summed E-state index contributed by atoms with van der Waals surface area (Å²) in [5, 5.41) is 18.3. The van der Waals surface area contributed by atoms with Gasteiger partial charge in [0.1, 0.15) is 0 Å². The van der Waals surface area contributed by atoms with Crippen LogP contribution in [0.2, 0.25) is 0 Å². The monoisotopic (exact) mass is 910 g/mol. The fraction of sp³-hybridized carbons (Fsp3) is 0.0448. The number of fused-ring (bicyclic) bond motifs is 18. The van der Waals surface area contributed by atoms with E-state index in [1.54, 1.807) is 0 Å². The van der Waals surface area contributed by atoms with E-state index in [-0.39, 0.29) is 10.7 Å². The van der Waals surface area contributed by atoms with Gasteiger partial charge in [0, 0.05) is 31.0 Å². The summed E-state index contributed by atoms with van der Waals surface area (Å²) < 4.78 is 2.54. The molecule has 1 aliphatic heterocycles. The Balaban J connectivity index is 0.807. The minimum absolute atomic E-state index is 0.141. The largest absolute Gasteiger partial charge is 0.135 e. The molecule has 2 heteroatoms. The predicted molar refractivity (Wildman–Crippen MR) is 301 cm³/mol. The molecule has 322 valence electrons. The number of thiophene rings is 1. The van der Waals surface area contributed by atoms with E-state index < -0.39 is 0 Å². The van der Waals surface area contributed by atoms with Crippen LogP contribution in [-0.4, -0.2) is 4.75 Å². The number of allylic oxidation sites excluding steroid dienone is 3. The van der Waals surface area contributed by atoms with Gasteiger partial charge < -0.3 is 0 Å². The third-order valence-corrected chi connectivity index (χ3v) is 18.2. The number of hydrogen-bond donors (Lipinski definition) is 0. The van der Waals surface area contributed by atoms with Crippen LogP contribution in [0.25, 0.3) is 124 Å². The molecule has 0 bridgehead atoms. The summed E-state index contributed by atoms with van der Waals surface area (Å²) in [4.78, 5) is 1.37. The highest BCUT2D eigenvalue weighted by Gasteiger charge is 2.46. The maximum atomic E-state index is 2.49. The highest BCUT2D eigenvalue weighted by atomic mass is 32.2. The van der Waals surface area contributed by atoms with E-state index in [0.29, 0.717) is 0 Å². The van der Waals surface area contributed by atoms with Crippen LogP contribution >= 0.6 is 23.1 Å². The molecule has 0 radical (unpaired) electrons. The molecule has 15 rings (SSSR count). The molecule has 1 aliphatic carbocycles. The molecule has 0 saturated carbocycles. The van der Waals surface area contributed by atoms with Crippen molar-refractivity contribution in [3.8, 4) is 33.4 Å². The first kappa shape index (κ1) is 39.3. The summed E-state index contributed by atoms with van der Waals surface area (Å²) in [6.45, 7) is 2.46. The van der Waals surface area contributed by atoms with Gasteiger partial charge in [0.05, 0.1) is 4.75 Å². The minimum Gasteiger partial charge on any atom is -0.135 e. The molecule has 0 amide bonds. The SMILES string of the molecule is CC12Sc3ccc(-c4ccc5c6ccccc6c6cc(-c7cccc(-c8cccc9c8sc8ccccc89)c7)ccc6c5c4)cc3C1C=CC=C2c1ccc2c3ccccc3c3ccccc3c2c1. The topological polar surface area (TPSA) is 0 Å². The van der Waals surface area contributed by atoms with Crippen LogP contribution in [0, 0.1) is 0 Å². The number of benzene rings is 12. The van der Waals surface area contributed by atoms with Crippen molar-refractivity contribution >= 4 is 113 Å². The van der Waals surface area contributed by atoms with E-state index in [1.165, 1.54) is 140 Å². The van der Waals surface area contributed by atoms with Crippen molar-refractivity contribution < 1.29 is 0 Å². The summed E-state index contributed by atoms with van der Waals surface area (Å²) in [7, 11) is 0. The Kier molecular flexibility index (Phi) is 8.46. The lowest BCUT2D eigenvalue weighted by atomic mass is 9.75. The Bertz CT molecular complexity index is 4390. The summed E-state index contributed by atoms with van der Waals surface area (Å²) >= 11 is 3.92. The summed E-state index contributed by atoms with van der Waals surface area (Å²) in [6, 6.07) is 80.1. The van der Waals surface area contributed by atoms with Crippen LogP contribution in [0.15, 0.2) is 235 Å². The maximum absolute atomic E-state index is 2.49. The first-order chi connectivity index (χ1) is 34.1. The molecule has 0 nitrogen and oxygen atoms in total. The van der Waals surface area contributed by atoms with Crippen LogP contribution in [0.5, 0.6) is 0 Å². The van der Waals surface area contributed by atoms with Crippen LogP contribution in [0.4, 0.5) is 0 Å². The number of thioether (sulfide) groups is 1. The van der Waals surface area contributed by atoms with E-state index in [1.807, 2.05) is 23.1 Å². The molecule has 2 unspecified atom stereocenters. The molecule has 0 fully saturated rings. The second kappa shape index (κ2) is 14.9. The van der Waals surface area contributed by atoms with Crippen molar-refractivity contribution in [1.82, 2.24) is 0 Å². The van der Waals surface area contributed by atoms with Crippen molar-refractivity contribution in [3.63, 3.8) is 0 Å². The Hall–Kier alpha value is -7.75. The first-order valence-electron chi connectivity index (χ1n) is 24.0. The van der Waals surface area contributed by atoms with Gasteiger partial charge in [0.2, 0.25) is 0 Å². The van der Waals surface area contributed by atoms with Crippen LogP contribution in [-0.2, 0) is 0 Å². The third kappa shape index (κ3) is 5.83. The summed E-state index contributed by atoms with van der Waals surface area (Å²) in [6.07, 6.45) is 7.11. The van der Waals surface area contributed by atoms with Crippen LogP contribution in [0.1, 0.15) is 24.0 Å². The van der Waals surface area contributed by atoms with E-state index in [0.717, 1.165) is 0 Å². The van der Waals surface area contributed by atoms with Gasteiger partial charge >= 0.3 is 0 Å². The molecule has 13 aromatic rings. The lowest BCUT2D eigenvalue weighted by Gasteiger charge is -2.35. The van der Waals surface area contributed by atoms with Gasteiger partial charge in [-0.15, -0.1) is 23.1 Å². The second-order valence-corrected chi connectivity index (χ2v) is 21.7. The van der Waals surface area contributed by atoms with E-state index in [2.05, 4.69) is 237 Å². The molecule has 2 atom stereocenters. The lowest BCUT2D eigenvalue weighted by Crippen LogP contribution is -2.27. The van der Waals surface area contributed by atoms with Crippen LogP contribution < -0.4 is 0 Å². The van der Waals surface area contributed by atoms with Crippen molar-refractivity contribution in [2.45, 2.75) is 22.5 Å². The summed E-state index contributed by atoms with van der Waals surface area (Å²) in [5.74, 6) is 0.251. The molecular formula is C67H42S2. The molecule has 69 heavy (non-hydrogen) atoms. The van der Waals surface area contributed by atoms with Gasteiger partial charge in [-0.1, -0.05) is 188 Å². The molecule has 1 aromatic heterocycles. The highest BCUT2D eigenvalue weighted by molar-refractivity contribution is 8.01. The molecular weight excluding hydrogens is 869 g/mol. The van der Waals surface area contributed by atoms with Crippen LogP contribution in [0.3, 0.4) is 0 Å². The number of rotatable bonds is 4. The highest BCUT2D eigenvalue weighted by Crippen LogP contribution is 2.61. The third-order valence-electron chi connectivity index (χ3n) is 15.5. The minimum atomic E-state index is -0.141. The van der Waals surface area contributed by atoms with E-state index in [9.17, 15) is 0 Å². The van der Waals surface area contributed by atoms with Crippen molar-refractivity contribution in [3.05, 3.63) is 242 Å². The molecule has 2 aliphatic rings. The summed E-state index contributed by atoms with van der Waals surface area (Å²) in [5.41, 5.74) is 11.6. The van der Waals surface area contributed by atoms with E-state index >= 15 is 0 Å². The fourth-order valence-corrected chi connectivity index (χ4v) is 15.0. The van der Waals surface area contributed by atoms with Gasteiger partial charge in [-0.2, -0.15) is 0 Å². The van der Waals surface area contributed by atoms with Gasteiger partial charge in [0.25, 0.3) is 0 Å². The first-order valence-corrected chi connectivity index (χ1v) is 25.6. The van der Waals surface area contributed by atoms with Gasteiger partial charge in [0.15, 0.2) is 0 Å². The molecule has 0 saturated heterocycles. The Morgan fingerprint density at radius 2 is 0.826 bits per heavy atom. The zero-order valence-electron chi connectivity index (χ0n) is 37.8. The molecule has 0 N–H and O–H groups in total. The zero-order chi connectivity index (χ0) is 45.4. The Morgan fingerprint density at radius 3 is 1.48 bits per heavy atom.